The number of amides is 2. The van der Waals surface area contributed by atoms with Gasteiger partial charge in [0.1, 0.15) is 5.57 Å². The van der Waals surface area contributed by atoms with Gasteiger partial charge in [-0.3, -0.25) is 19.8 Å². The van der Waals surface area contributed by atoms with E-state index in [4.69, 9.17) is 12.2 Å². The molecule has 0 spiro atoms. The fraction of sp³-hybridized carbons (Fsp3) is 0.250. The highest BCUT2D eigenvalue weighted by Crippen LogP contribution is 2.28. The summed E-state index contributed by atoms with van der Waals surface area (Å²) in [5, 5.41) is 3.69. The topological polar surface area (TPSA) is 54.3 Å². The maximum absolute atomic E-state index is 12.7. The first-order valence-electron chi connectivity index (χ1n) is 8.57. The van der Waals surface area contributed by atoms with Crippen LogP contribution in [0.1, 0.15) is 31.9 Å². The molecule has 1 aliphatic heterocycles. The Kier molecular flexibility index (Phi) is 5.04. The summed E-state index contributed by atoms with van der Waals surface area (Å²) in [4.78, 5) is 26.4. The van der Waals surface area contributed by atoms with Crippen LogP contribution in [0.3, 0.4) is 0 Å². The molecule has 0 radical (unpaired) electrons. The predicted molar refractivity (Wildman–Crippen MR) is 108 cm³/mol. The second-order valence-electron chi connectivity index (χ2n) is 6.29. The lowest BCUT2D eigenvalue weighted by atomic mass is 10.1. The normalized spacial score (nSPS) is 17.7. The van der Waals surface area contributed by atoms with Crippen LogP contribution in [0.5, 0.6) is 0 Å². The first-order valence-corrected chi connectivity index (χ1v) is 8.98. The van der Waals surface area contributed by atoms with E-state index in [1.165, 1.54) is 4.90 Å². The van der Waals surface area contributed by atoms with Gasteiger partial charge < -0.3 is 4.57 Å². The van der Waals surface area contributed by atoms with Crippen LogP contribution in [-0.2, 0) is 9.59 Å². The second-order valence-corrected chi connectivity index (χ2v) is 6.67. The van der Waals surface area contributed by atoms with Gasteiger partial charge in [0.15, 0.2) is 5.11 Å². The van der Waals surface area contributed by atoms with Gasteiger partial charge in [-0.25, -0.2) is 0 Å². The molecule has 1 fully saturated rings. The molecule has 3 rings (SSSR count). The maximum atomic E-state index is 12.7. The third kappa shape index (κ3) is 3.08. The van der Waals surface area contributed by atoms with Crippen LogP contribution in [0.25, 0.3) is 17.0 Å². The van der Waals surface area contributed by atoms with E-state index in [0.717, 1.165) is 22.9 Å². The largest absolute Gasteiger partial charge is 0.344 e. The van der Waals surface area contributed by atoms with Crippen LogP contribution in [0.2, 0.25) is 0 Å². The Labute approximate surface area is 158 Å². The smallest absolute Gasteiger partial charge is 0.265 e. The molecule has 1 aromatic heterocycles. The van der Waals surface area contributed by atoms with Crippen molar-refractivity contribution in [1.29, 1.82) is 0 Å². The predicted octanol–water partition coefficient (Wildman–Crippen LogP) is 3.43. The first-order chi connectivity index (χ1) is 12.5. The molecule has 1 aliphatic rings. The van der Waals surface area contributed by atoms with Gasteiger partial charge >= 0.3 is 0 Å². The highest BCUT2D eigenvalue weighted by atomic mass is 32.1. The number of hydrogen-bond acceptors (Lipinski definition) is 3. The van der Waals surface area contributed by atoms with Crippen molar-refractivity contribution in [3.8, 4) is 0 Å². The SMILES string of the molecule is C=CCN1C(=O)/C(=C\c2cn(C(C)CC)c3ccccc23)C(=O)NC1=S. The average molecular weight is 367 g/mol. The number of nitrogens with zero attached hydrogens (tertiary/aromatic N) is 2. The molecule has 1 N–H and O–H groups in total. The van der Waals surface area contributed by atoms with E-state index in [0.29, 0.717) is 6.04 Å². The summed E-state index contributed by atoms with van der Waals surface area (Å²) in [7, 11) is 0. The van der Waals surface area contributed by atoms with Gasteiger partial charge in [0.25, 0.3) is 11.8 Å². The summed E-state index contributed by atoms with van der Waals surface area (Å²) in [6.07, 6.45) is 6.21. The monoisotopic (exact) mass is 367 g/mol. The molecule has 2 heterocycles. The second kappa shape index (κ2) is 7.25. The Balaban J connectivity index is 2.11. The molecular weight excluding hydrogens is 346 g/mol. The summed E-state index contributed by atoms with van der Waals surface area (Å²) < 4.78 is 2.18. The number of hydrogen-bond donors (Lipinski definition) is 1. The zero-order chi connectivity index (χ0) is 18.8. The third-order valence-electron chi connectivity index (χ3n) is 4.63. The maximum Gasteiger partial charge on any atom is 0.265 e. The van der Waals surface area contributed by atoms with Gasteiger partial charge in [-0.2, -0.15) is 0 Å². The van der Waals surface area contributed by atoms with Gasteiger partial charge in [0.05, 0.1) is 0 Å². The third-order valence-corrected chi connectivity index (χ3v) is 4.96. The molecule has 5 nitrogen and oxygen atoms in total. The number of aromatic nitrogens is 1. The van der Waals surface area contributed by atoms with Crippen molar-refractivity contribution in [1.82, 2.24) is 14.8 Å². The van der Waals surface area contributed by atoms with Gasteiger partial charge in [-0.1, -0.05) is 31.2 Å². The fourth-order valence-corrected chi connectivity index (χ4v) is 3.30. The molecule has 1 atom stereocenters. The molecule has 2 amide bonds. The molecule has 1 saturated heterocycles. The van der Waals surface area contributed by atoms with E-state index in [9.17, 15) is 9.59 Å². The highest BCUT2D eigenvalue weighted by Gasteiger charge is 2.32. The van der Waals surface area contributed by atoms with E-state index in [2.05, 4.69) is 30.3 Å². The van der Waals surface area contributed by atoms with Gasteiger partial charge in [0.2, 0.25) is 0 Å². The standard InChI is InChI=1S/C20H21N3O2S/c1-4-10-22-19(25)16(18(24)21-20(22)26)11-14-12-23(13(3)5-2)17-9-7-6-8-15(14)17/h4,6-9,11-13H,1,5,10H2,2-3H3,(H,21,24,26)/b16-11-. The average Bonchev–Trinajstić information content (AvgIpc) is 3.00. The lowest BCUT2D eigenvalue weighted by Gasteiger charge is -2.27. The molecule has 1 unspecified atom stereocenters. The zero-order valence-electron chi connectivity index (χ0n) is 14.9. The number of fused-ring (bicyclic) bond motifs is 1. The van der Waals surface area contributed by atoms with E-state index < -0.39 is 11.8 Å². The number of rotatable bonds is 5. The Morgan fingerprint density at radius 2 is 2.04 bits per heavy atom. The van der Waals surface area contributed by atoms with Crippen molar-refractivity contribution in [3.63, 3.8) is 0 Å². The first kappa shape index (κ1) is 18.1. The van der Waals surface area contributed by atoms with Crippen molar-refractivity contribution in [2.24, 2.45) is 0 Å². The molecular formula is C20H21N3O2S. The zero-order valence-corrected chi connectivity index (χ0v) is 15.7. The minimum absolute atomic E-state index is 0.0764. The van der Waals surface area contributed by atoms with Gasteiger partial charge in [0, 0.05) is 35.2 Å². The van der Waals surface area contributed by atoms with Gasteiger partial charge in [-0.05, 0) is 37.7 Å². The number of thiocarbonyl (C=S) groups is 1. The van der Waals surface area contributed by atoms with Crippen LogP contribution in [-0.4, -0.2) is 32.9 Å². The van der Waals surface area contributed by atoms with Crippen molar-refractivity contribution >= 4 is 46.1 Å². The Morgan fingerprint density at radius 1 is 1.31 bits per heavy atom. The van der Waals surface area contributed by atoms with Crippen molar-refractivity contribution in [2.45, 2.75) is 26.3 Å². The Morgan fingerprint density at radius 3 is 2.73 bits per heavy atom. The van der Waals surface area contributed by atoms with Crippen molar-refractivity contribution < 1.29 is 9.59 Å². The van der Waals surface area contributed by atoms with E-state index in [1.807, 2.05) is 30.5 Å². The lowest BCUT2D eigenvalue weighted by molar-refractivity contribution is -0.128. The molecule has 0 saturated carbocycles. The molecule has 2 aromatic rings. The Bertz CT molecular complexity index is 942. The molecule has 134 valence electrons. The molecule has 1 aromatic carbocycles. The van der Waals surface area contributed by atoms with E-state index in [-0.39, 0.29) is 17.2 Å². The fourth-order valence-electron chi connectivity index (χ4n) is 3.05. The van der Waals surface area contributed by atoms with Crippen LogP contribution >= 0.6 is 12.2 Å². The number of para-hydroxylation sites is 1. The highest BCUT2D eigenvalue weighted by molar-refractivity contribution is 7.80. The minimum Gasteiger partial charge on any atom is -0.344 e. The minimum atomic E-state index is -0.472. The van der Waals surface area contributed by atoms with E-state index >= 15 is 0 Å². The van der Waals surface area contributed by atoms with Crippen molar-refractivity contribution in [2.75, 3.05) is 6.54 Å². The number of carbonyl (C=O) groups is 2. The molecule has 26 heavy (non-hydrogen) atoms. The summed E-state index contributed by atoms with van der Waals surface area (Å²) in [6.45, 7) is 8.16. The summed E-state index contributed by atoms with van der Waals surface area (Å²) in [5.74, 6) is -0.875. The van der Waals surface area contributed by atoms with Crippen LogP contribution in [0, 0.1) is 0 Å². The van der Waals surface area contributed by atoms with E-state index in [1.54, 1.807) is 12.2 Å². The van der Waals surface area contributed by atoms with Crippen LogP contribution in [0.4, 0.5) is 0 Å². The molecule has 6 heteroatoms. The lowest BCUT2D eigenvalue weighted by Crippen LogP contribution is -2.53. The quantitative estimate of drug-likeness (QED) is 0.381. The summed E-state index contributed by atoms with van der Waals surface area (Å²) in [6, 6.07) is 8.30. The number of nitrogens with one attached hydrogen (secondary N) is 1. The van der Waals surface area contributed by atoms with Crippen LogP contribution in [0.15, 0.2) is 48.7 Å². The Hall–Kier alpha value is -2.73. The summed E-state index contributed by atoms with van der Waals surface area (Å²) in [5.41, 5.74) is 1.99. The van der Waals surface area contributed by atoms with Crippen molar-refractivity contribution in [3.05, 3.63) is 54.3 Å². The molecule has 0 aliphatic carbocycles. The number of benzene rings is 1. The molecule has 0 bridgehead atoms. The van der Waals surface area contributed by atoms with Crippen LogP contribution < -0.4 is 5.32 Å². The van der Waals surface area contributed by atoms with Gasteiger partial charge in [-0.15, -0.1) is 6.58 Å². The number of carbonyl (C=O) groups excluding carboxylic acids is 2. The summed E-state index contributed by atoms with van der Waals surface area (Å²) >= 11 is 5.09.